The summed E-state index contributed by atoms with van der Waals surface area (Å²) in [6, 6.07) is 4.74. The van der Waals surface area contributed by atoms with Gasteiger partial charge in [0.25, 0.3) is 5.69 Å². The quantitative estimate of drug-likeness (QED) is 0.626. The van der Waals surface area contributed by atoms with E-state index >= 15 is 0 Å². The Morgan fingerprint density at radius 3 is 2.89 bits per heavy atom. The van der Waals surface area contributed by atoms with E-state index in [1.807, 2.05) is 0 Å². The van der Waals surface area contributed by atoms with E-state index in [1.54, 1.807) is 30.4 Å². The molecule has 1 aliphatic rings. The van der Waals surface area contributed by atoms with E-state index in [1.165, 1.54) is 12.3 Å². The average molecular weight is 247 g/mol. The average Bonchev–Trinajstić information content (AvgIpc) is 2.39. The molecule has 1 unspecified atom stereocenters. The third-order valence-electron chi connectivity index (χ3n) is 2.49. The summed E-state index contributed by atoms with van der Waals surface area (Å²) in [5.41, 5.74) is 6.74. The van der Waals surface area contributed by atoms with E-state index in [2.05, 4.69) is 5.32 Å². The van der Waals surface area contributed by atoms with E-state index in [0.29, 0.717) is 12.2 Å². The number of hydrogen-bond acceptors (Lipinski definition) is 5. The van der Waals surface area contributed by atoms with E-state index in [-0.39, 0.29) is 5.69 Å². The Labute approximate surface area is 104 Å². The number of nitrogens with zero attached hydrogens (tertiary/aromatic N) is 1. The predicted molar refractivity (Wildman–Crippen MR) is 67.8 cm³/mol. The van der Waals surface area contributed by atoms with Gasteiger partial charge in [-0.25, -0.2) is 0 Å². The van der Waals surface area contributed by atoms with Gasteiger partial charge in [0.1, 0.15) is 5.69 Å². The Bertz CT molecular complexity index is 511. The second-order valence-electron chi connectivity index (χ2n) is 3.73. The van der Waals surface area contributed by atoms with Crippen LogP contribution >= 0.6 is 0 Å². The van der Waals surface area contributed by atoms with E-state index in [9.17, 15) is 10.1 Å². The van der Waals surface area contributed by atoms with E-state index in [0.717, 1.165) is 5.56 Å². The first-order valence-electron chi connectivity index (χ1n) is 5.43. The molecule has 0 radical (unpaired) electrons. The lowest BCUT2D eigenvalue weighted by Crippen LogP contribution is -2.20. The Balaban J connectivity index is 2.26. The molecule has 3 N–H and O–H groups in total. The van der Waals surface area contributed by atoms with Crippen LogP contribution in [0.1, 0.15) is 5.56 Å². The minimum Gasteiger partial charge on any atom is -0.475 e. The topological polar surface area (TPSA) is 90.4 Å². The van der Waals surface area contributed by atoms with Gasteiger partial charge in [-0.15, -0.1) is 0 Å². The molecule has 1 aromatic carbocycles. The van der Waals surface area contributed by atoms with Crippen LogP contribution in [0.2, 0.25) is 0 Å². The van der Waals surface area contributed by atoms with Crippen LogP contribution in [-0.4, -0.2) is 11.2 Å². The van der Waals surface area contributed by atoms with Gasteiger partial charge in [-0.05, 0) is 23.8 Å². The summed E-state index contributed by atoms with van der Waals surface area (Å²) in [6.07, 6.45) is 6.42. The van der Waals surface area contributed by atoms with Crippen LogP contribution < -0.4 is 11.1 Å². The van der Waals surface area contributed by atoms with Crippen LogP contribution in [0.5, 0.6) is 0 Å². The highest BCUT2D eigenvalue weighted by Gasteiger charge is 2.17. The van der Waals surface area contributed by atoms with Crippen molar-refractivity contribution in [2.75, 3.05) is 5.32 Å². The number of nitrogens with two attached hydrogens (primary N) is 1. The van der Waals surface area contributed by atoms with Crippen LogP contribution in [0.25, 0.3) is 0 Å². The maximum Gasteiger partial charge on any atom is 0.292 e. The monoisotopic (exact) mass is 247 g/mol. The highest BCUT2D eigenvalue weighted by atomic mass is 16.6. The largest absolute Gasteiger partial charge is 0.475 e. The molecule has 1 aliphatic heterocycles. The summed E-state index contributed by atoms with van der Waals surface area (Å²) in [6.45, 7) is 0.327. The molecule has 0 aliphatic carbocycles. The first-order chi connectivity index (χ1) is 8.70. The van der Waals surface area contributed by atoms with Gasteiger partial charge in [-0.3, -0.25) is 10.1 Å². The molecular weight excluding hydrogens is 234 g/mol. The summed E-state index contributed by atoms with van der Waals surface area (Å²) >= 11 is 0. The van der Waals surface area contributed by atoms with Gasteiger partial charge < -0.3 is 15.8 Å². The zero-order chi connectivity index (χ0) is 13.0. The number of nitrogens with one attached hydrogen (secondary N) is 1. The molecular formula is C12H13N3O3. The normalized spacial score (nSPS) is 17.3. The molecule has 0 fully saturated rings. The smallest absolute Gasteiger partial charge is 0.292 e. The van der Waals surface area contributed by atoms with E-state index < -0.39 is 11.2 Å². The number of allylic oxidation sites excluding steroid dienone is 2. The first-order valence-corrected chi connectivity index (χ1v) is 5.43. The van der Waals surface area contributed by atoms with Crippen LogP contribution in [0.4, 0.5) is 11.4 Å². The molecule has 1 heterocycles. The first kappa shape index (κ1) is 12.1. The number of nitro benzene ring substituents is 1. The molecule has 18 heavy (non-hydrogen) atoms. The fourth-order valence-corrected chi connectivity index (χ4v) is 1.61. The molecule has 6 heteroatoms. The van der Waals surface area contributed by atoms with Crippen molar-refractivity contribution in [3.8, 4) is 0 Å². The van der Waals surface area contributed by atoms with Gasteiger partial charge in [-0.1, -0.05) is 12.1 Å². The summed E-state index contributed by atoms with van der Waals surface area (Å²) < 4.78 is 5.26. The van der Waals surface area contributed by atoms with Gasteiger partial charge >= 0.3 is 0 Å². The minimum atomic E-state index is -0.439. The maximum atomic E-state index is 10.9. The fourth-order valence-electron chi connectivity index (χ4n) is 1.61. The third kappa shape index (κ3) is 2.67. The van der Waals surface area contributed by atoms with Crippen molar-refractivity contribution in [1.82, 2.24) is 0 Å². The minimum absolute atomic E-state index is 0.00115. The molecule has 2 rings (SSSR count). The number of benzene rings is 1. The van der Waals surface area contributed by atoms with Crippen molar-refractivity contribution in [2.24, 2.45) is 5.73 Å². The van der Waals surface area contributed by atoms with E-state index in [4.69, 9.17) is 10.5 Å². The molecule has 0 saturated heterocycles. The highest BCUT2D eigenvalue weighted by molar-refractivity contribution is 5.63. The standard InChI is InChI=1S/C12H13N3O3/c13-8-9-4-5-11(15(16)17)10(7-9)14-12-3-1-2-6-18-12/h1-7,12,14H,8,13H2. The zero-order valence-electron chi connectivity index (χ0n) is 9.58. The van der Waals surface area contributed by atoms with Crippen molar-refractivity contribution in [1.29, 1.82) is 0 Å². The predicted octanol–water partition coefficient (Wildman–Crippen LogP) is 1.89. The lowest BCUT2D eigenvalue weighted by Gasteiger charge is -2.18. The van der Waals surface area contributed by atoms with Gasteiger partial charge in [0.15, 0.2) is 6.23 Å². The van der Waals surface area contributed by atoms with Gasteiger partial charge in [0.2, 0.25) is 0 Å². The van der Waals surface area contributed by atoms with Crippen LogP contribution in [0, 0.1) is 10.1 Å². The molecule has 0 bridgehead atoms. The summed E-state index contributed by atoms with van der Waals surface area (Å²) in [7, 11) is 0. The van der Waals surface area contributed by atoms with Crippen LogP contribution in [-0.2, 0) is 11.3 Å². The van der Waals surface area contributed by atoms with Gasteiger partial charge in [0, 0.05) is 12.6 Å². The molecule has 0 aromatic heterocycles. The van der Waals surface area contributed by atoms with Crippen molar-refractivity contribution < 1.29 is 9.66 Å². The van der Waals surface area contributed by atoms with Crippen molar-refractivity contribution in [3.63, 3.8) is 0 Å². The van der Waals surface area contributed by atoms with Crippen LogP contribution in [0.3, 0.4) is 0 Å². The molecule has 1 aromatic rings. The number of rotatable bonds is 4. The third-order valence-corrected chi connectivity index (χ3v) is 2.49. The SMILES string of the molecule is NCc1ccc([N+](=O)[O-])c(NC2C=CC=CO2)c1. The van der Waals surface area contributed by atoms with Gasteiger partial charge in [0.05, 0.1) is 11.2 Å². The number of ether oxygens (including phenoxy) is 1. The fraction of sp³-hybridized carbons (Fsp3) is 0.167. The summed E-state index contributed by atoms with van der Waals surface area (Å²) in [5, 5.41) is 13.9. The Kier molecular flexibility index (Phi) is 3.59. The van der Waals surface area contributed by atoms with Crippen molar-refractivity contribution in [2.45, 2.75) is 12.8 Å². The molecule has 0 spiro atoms. The summed E-state index contributed by atoms with van der Waals surface area (Å²) in [5.74, 6) is 0. The molecule has 1 atom stereocenters. The zero-order valence-corrected chi connectivity index (χ0v) is 9.58. The van der Waals surface area contributed by atoms with Crippen molar-refractivity contribution >= 4 is 11.4 Å². The van der Waals surface area contributed by atoms with Gasteiger partial charge in [-0.2, -0.15) is 0 Å². The Morgan fingerprint density at radius 1 is 1.44 bits per heavy atom. The second kappa shape index (κ2) is 5.33. The molecule has 6 nitrogen and oxygen atoms in total. The number of nitro groups is 1. The Morgan fingerprint density at radius 2 is 2.28 bits per heavy atom. The molecule has 0 amide bonds. The summed E-state index contributed by atoms with van der Waals surface area (Å²) in [4.78, 5) is 10.5. The second-order valence-corrected chi connectivity index (χ2v) is 3.73. The Hall–Kier alpha value is -2.34. The molecule has 94 valence electrons. The molecule has 0 saturated carbocycles. The van der Waals surface area contributed by atoms with Crippen molar-refractivity contribution in [3.05, 3.63) is 58.4 Å². The number of hydrogen-bond donors (Lipinski definition) is 2. The van der Waals surface area contributed by atoms with Crippen LogP contribution in [0.15, 0.2) is 42.7 Å². The lowest BCUT2D eigenvalue weighted by atomic mass is 10.1. The highest BCUT2D eigenvalue weighted by Crippen LogP contribution is 2.26. The number of anilines is 1. The maximum absolute atomic E-state index is 10.9. The lowest BCUT2D eigenvalue weighted by molar-refractivity contribution is -0.384.